The number of amides is 1. The molecule has 1 unspecified atom stereocenters. The molecule has 0 saturated carbocycles. The van der Waals surface area contributed by atoms with Crippen molar-refractivity contribution in [3.63, 3.8) is 0 Å². The minimum absolute atomic E-state index is 0.0203. The molecule has 1 amide bonds. The van der Waals surface area contributed by atoms with Gasteiger partial charge in [-0.05, 0) is 60.5 Å². The number of hydrogen-bond acceptors (Lipinski definition) is 5. The van der Waals surface area contributed by atoms with Crippen LogP contribution in [-0.2, 0) is 16.0 Å². The Hall–Kier alpha value is -3.19. The molecule has 2 aromatic carbocycles. The Morgan fingerprint density at radius 1 is 1.19 bits per heavy atom. The molecule has 0 spiro atoms. The predicted molar refractivity (Wildman–Crippen MR) is 118 cm³/mol. The van der Waals surface area contributed by atoms with Crippen molar-refractivity contribution in [2.75, 3.05) is 17.3 Å². The van der Waals surface area contributed by atoms with E-state index in [1.807, 2.05) is 25.1 Å². The minimum Gasteiger partial charge on any atom is -0.462 e. The topological polar surface area (TPSA) is 59.5 Å². The highest BCUT2D eigenvalue weighted by Gasteiger charge is 2.35. The zero-order valence-electron chi connectivity index (χ0n) is 17.0. The molecule has 0 radical (unpaired) electrons. The van der Waals surface area contributed by atoms with E-state index in [2.05, 4.69) is 4.98 Å². The molecule has 1 aromatic heterocycles. The van der Waals surface area contributed by atoms with Gasteiger partial charge >= 0.3 is 5.97 Å². The monoisotopic (exact) mass is 436 g/mol. The molecule has 1 aliphatic rings. The first-order chi connectivity index (χ1) is 15.0. The van der Waals surface area contributed by atoms with Gasteiger partial charge in [-0.15, -0.1) is 11.8 Å². The van der Waals surface area contributed by atoms with Crippen LogP contribution in [0.4, 0.5) is 10.1 Å². The number of pyridine rings is 1. The number of aryl methyl sites for hydroxylation is 1. The summed E-state index contributed by atoms with van der Waals surface area (Å²) in [5.41, 5.74) is 3.67. The summed E-state index contributed by atoms with van der Waals surface area (Å²) in [6, 6.07) is 17.0. The first-order valence-corrected chi connectivity index (χ1v) is 10.9. The van der Waals surface area contributed by atoms with Crippen LogP contribution < -0.4 is 4.90 Å². The molecule has 5 nitrogen and oxygen atoms in total. The zero-order valence-corrected chi connectivity index (χ0v) is 17.8. The fraction of sp³-hybridized carbons (Fsp3) is 0.208. The van der Waals surface area contributed by atoms with Crippen LogP contribution in [0.3, 0.4) is 0 Å². The fourth-order valence-corrected chi connectivity index (χ4v) is 4.66. The molecule has 4 rings (SSSR count). The van der Waals surface area contributed by atoms with Crippen LogP contribution in [0.25, 0.3) is 0 Å². The van der Waals surface area contributed by atoms with Crippen molar-refractivity contribution in [2.45, 2.75) is 18.7 Å². The smallest absolute Gasteiger partial charge is 0.338 e. The highest BCUT2D eigenvalue weighted by Crippen LogP contribution is 2.42. The van der Waals surface area contributed by atoms with Gasteiger partial charge in [0.1, 0.15) is 11.2 Å². The summed E-state index contributed by atoms with van der Waals surface area (Å²) in [6.07, 6.45) is 2.25. The maximum atomic E-state index is 13.3. The average molecular weight is 437 g/mol. The lowest BCUT2D eigenvalue weighted by Gasteiger charge is -2.26. The second kappa shape index (κ2) is 9.31. The zero-order chi connectivity index (χ0) is 21.8. The van der Waals surface area contributed by atoms with Gasteiger partial charge in [0.25, 0.3) is 0 Å². The van der Waals surface area contributed by atoms with E-state index in [4.69, 9.17) is 4.74 Å². The molecule has 158 valence electrons. The first-order valence-electron chi connectivity index (χ1n) is 9.90. The predicted octanol–water partition coefficient (Wildman–Crippen LogP) is 4.71. The third-order valence-electron chi connectivity index (χ3n) is 5.03. The Balaban J connectivity index is 1.47. The van der Waals surface area contributed by atoms with Gasteiger partial charge in [0, 0.05) is 24.0 Å². The lowest BCUT2D eigenvalue weighted by atomic mass is 10.1. The molecule has 1 atom stereocenters. The molecule has 1 aliphatic heterocycles. The number of hydrogen-bond donors (Lipinski definition) is 0. The summed E-state index contributed by atoms with van der Waals surface area (Å²) in [5.74, 6) is -0.402. The Morgan fingerprint density at radius 2 is 2.00 bits per heavy atom. The second-order valence-electron chi connectivity index (χ2n) is 7.19. The van der Waals surface area contributed by atoms with Gasteiger partial charge in [0.15, 0.2) is 0 Å². The van der Waals surface area contributed by atoms with Crippen molar-refractivity contribution in [1.82, 2.24) is 4.98 Å². The Kier molecular flexibility index (Phi) is 6.32. The van der Waals surface area contributed by atoms with Crippen LogP contribution in [-0.4, -0.2) is 29.2 Å². The molecular weight excluding hydrogens is 415 g/mol. The Bertz CT molecular complexity index is 1090. The standard InChI is InChI=1S/C24H21FN2O3S/c1-16-14-18(24(29)30-13-11-20-4-2-3-12-26-20)7-10-21(16)27-22(28)15-31-23(27)17-5-8-19(25)9-6-17/h2-10,12,14,23H,11,13,15H2,1H3. The highest BCUT2D eigenvalue weighted by atomic mass is 32.2. The van der Waals surface area contributed by atoms with Crippen LogP contribution >= 0.6 is 11.8 Å². The molecule has 0 bridgehead atoms. The van der Waals surface area contributed by atoms with Gasteiger partial charge in [-0.1, -0.05) is 18.2 Å². The van der Waals surface area contributed by atoms with E-state index in [0.717, 1.165) is 22.5 Å². The summed E-state index contributed by atoms with van der Waals surface area (Å²) >= 11 is 1.50. The molecule has 1 saturated heterocycles. The number of esters is 1. The van der Waals surface area contributed by atoms with Crippen LogP contribution in [0.1, 0.15) is 32.6 Å². The van der Waals surface area contributed by atoms with Gasteiger partial charge in [0.2, 0.25) is 5.91 Å². The number of ether oxygens (including phenoxy) is 1. The van der Waals surface area contributed by atoms with Crippen molar-refractivity contribution >= 4 is 29.3 Å². The summed E-state index contributed by atoms with van der Waals surface area (Å²) in [5, 5.41) is -0.233. The van der Waals surface area contributed by atoms with E-state index < -0.39 is 5.97 Å². The van der Waals surface area contributed by atoms with Crippen LogP contribution in [0.15, 0.2) is 66.9 Å². The van der Waals surface area contributed by atoms with Crippen molar-refractivity contribution in [3.05, 3.63) is 95.1 Å². The second-order valence-corrected chi connectivity index (χ2v) is 8.26. The Labute approximate surface area is 184 Å². The number of benzene rings is 2. The summed E-state index contributed by atoms with van der Waals surface area (Å²) in [6.45, 7) is 2.10. The third kappa shape index (κ3) is 4.77. The molecule has 3 aromatic rings. The summed E-state index contributed by atoms with van der Waals surface area (Å²) in [7, 11) is 0. The number of thioether (sulfide) groups is 1. The van der Waals surface area contributed by atoms with E-state index in [1.54, 1.807) is 41.4 Å². The Morgan fingerprint density at radius 3 is 2.71 bits per heavy atom. The number of carbonyl (C=O) groups is 2. The lowest BCUT2D eigenvalue weighted by molar-refractivity contribution is -0.115. The van der Waals surface area contributed by atoms with Gasteiger partial charge in [0.05, 0.1) is 17.9 Å². The van der Waals surface area contributed by atoms with E-state index in [9.17, 15) is 14.0 Å². The molecule has 7 heteroatoms. The molecule has 0 N–H and O–H groups in total. The minimum atomic E-state index is -0.414. The van der Waals surface area contributed by atoms with Crippen LogP contribution in [0.2, 0.25) is 0 Å². The van der Waals surface area contributed by atoms with Gasteiger partial charge in [-0.25, -0.2) is 9.18 Å². The molecule has 1 fully saturated rings. The van der Waals surface area contributed by atoms with Gasteiger partial charge < -0.3 is 4.74 Å². The lowest BCUT2D eigenvalue weighted by Crippen LogP contribution is -2.28. The van der Waals surface area contributed by atoms with Crippen molar-refractivity contribution in [2.24, 2.45) is 0 Å². The molecular formula is C24H21FN2O3S. The number of rotatable bonds is 6. The molecule has 2 heterocycles. The van der Waals surface area contributed by atoms with Crippen molar-refractivity contribution in [3.8, 4) is 0 Å². The molecule has 31 heavy (non-hydrogen) atoms. The van der Waals surface area contributed by atoms with Crippen molar-refractivity contribution < 1.29 is 18.7 Å². The number of carbonyl (C=O) groups excluding carboxylic acids is 2. The van der Waals surface area contributed by atoms with E-state index in [1.165, 1.54) is 23.9 Å². The van der Waals surface area contributed by atoms with Gasteiger partial charge in [-0.2, -0.15) is 0 Å². The number of nitrogens with zero attached hydrogens (tertiary/aromatic N) is 2. The number of halogens is 1. The first kappa shape index (κ1) is 21.1. The quantitative estimate of drug-likeness (QED) is 0.524. The maximum absolute atomic E-state index is 13.3. The largest absolute Gasteiger partial charge is 0.462 e. The van der Waals surface area contributed by atoms with Crippen LogP contribution in [0, 0.1) is 12.7 Å². The number of aromatic nitrogens is 1. The fourth-order valence-electron chi connectivity index (χ4n) is 3.49. The van der Waals surface area contributed by atoms with E-state index in [0.29, 0.717) is 17.7 Å². The normalized spacial score (nSPS) is 15.9. The summed E-state index contributed by atoms with van der Waals surface area (Å²) in [4.78, 5) is 31.0. The molecule has 0 aliphatic carbocycles. The van der Waals surface area contributed by atoms with Gasteiger partial charge in [-0.3, -0.25) is 14.7 Å². The number of anilines is 1. The van der Waals surface area contributed by atoms with Crippen molar-refractivity contribution in [1.29, 1.82) is 0 Å². The van der Waals surface area contributed by atoms with E-state index >= 15 is 0 Å². The SMILES string of the molecule is Cc1cc(C(=O)OCCc2ccccn2)ccc1N1C(=O)CSC1c1ccc(F)cc1. The van der Waals surface area contributed by atoms with E-state index in [-0.39, 0.29) is 23.7 Å². The average Bonchev–Trinajstić information content (AvgIpc) is 3.16. The summed E-state index contributed by atoms with van der Waals surface area (Å²) < 4.78 is 18.7. The third-order valence-corrected chi connectivity index (χ3v) is 6.24. The highest BCUT2D eigenvalue weighted by molar-refractivity contribution is 8.00. The maximum Gasteiger partial charge on any atom is 0.338 e. The van der Waals surface area contributed by atoms with Crippen LogP contribution in [0.5, 0.6) is 0 Å².